The third-order valence-corrected chi connectivity index (χ3v) is 4.61. The van der Waals surface area contributed by atoms with Gasteiger partial charge >= 0.3 is 0 Å². The Balaban J connectivity index is 1.74. The van der Waals surface area contributed by atoms with Crippen LogP contribution < -0.4 is 5.32 Å². The summed E-state index contributed by atoms with van der Waals surface area (Å²) in [5.41, 5.74) is 1.96. The Morgan fingerprint density at radius 3 is 2.48 bits per heavy atom. The number of fused-ring (bicyclic) bond motifs is 1. The van der Waals surface area contributed by atoms with Crippen LogP contribution in [0.25, 0.3) is 0 Å². The van der Waals surface area contributed by atoms with Crippen molar-refractivity contribution in [3.05, 3.63) is 70.8 Å². The van der Waals surface area contributed by atoms with E-state index in [4.69, 9.17) is 4.74 Å². The van der Waals surface area contributed by atoms with Gasteiger partial charge in [0.05, 0.1) is 17.2 Å². The number of benzene rings is 2. The van der Waals surface area contributed by atoms with Gasteiger partial charge in [-0.15, -0.1) is 0 Å². The van der Waals surface area contributed by atoms with E-state index in [0.29, 0.717) is 30.7 Å². The Bertz CT molecular complexity index is 864. The van der Waals surface area contributed by atoms with Gasteiger partial charge in [0.1, 0.15) is 0 Å². The van der Waals surface area contributed by atoms with Crippen LogP contribution in [-0.2, 0) is 4.74 Å². The van der Waals surface area contributed by atoms with E-state index in [1.807, 2.05) is 37.3 Å². The number of methoxy groups -OCH3 is 1. The van der Waals surface area contributed by atoms with Crippen molar-refractivity contribution in [1.29, 1.82) is 0 Å². The first-order valence-corrected chi connectivity index (χ1v) is 8.88. The minimum Gasteiger partial charge on any atom is -0.385 e. The van der Waals surface area contributed by atoms with Gasteiger partial charge in [-0.3, -0.25) is 19.3 Å². The lowest BCUT2D eigenvalue weighted by molar-refractivity contribution is 0.0638. The lowest BCUT2D eigenvalue weighted by Crippen LogP contribution is -2.31. The molecule has 0 saturated heterocycles. The van der Waals surface area contributed by atoms with Crippen molar-refractivity contribution in [3.63, 3.8) is 0 Å². The van der Waals surface area contributed by atoms with Gasteiger partial charge in [-0.1, -0.05) is 30.3 Å². The molecule has 2 aromatic carbocycles. The number of imide groups is 1. The second kappa shape index (κ2) is 8.14. The van der Waals surface area contributed by atoms with Gasteiger partial charge in [0.25, 0.3) is 17.7 Å². The molecule has 1 atom stereocenters. The lowest BCUT2D eigenvalue weighted by atomic mass is 10.0. The fraction of sp³-hybridized carbons (Fsp3) is 0.286. The predicted molar refractivity (Wildman–Crippen MR) is 101 cm³/mol. The number of rotatable bonds is 7. The van der Waals surface area contributed by atoms with E-state index in [2.05, 4.69) is 5.32 Å². The Labute approximate surface area is 158 Å². The number of nitrogens with one attached hydrogen (secondary N) is 1. The number of carbonyl (C=O) groups excluding carboxylic acids is 3. The zero-order valence-electron chi connectivity index (χ0n) is 15.4. The Hall–Kier alpha value is -2.99. The minimum absolute atomic E-state index is 0.171. The molecule has 0 bridgehead atoms. The molecule has 6 heteroatoms. The molecule has 0 radical (unpaired) electrons. The molecule has 0 aliphatic carbocycles. The standard InChI is InChI=1S/C21H22N2O4/c1-14(15-7-4-3-5-8-15)22-19(24)16-9-10-17-18(13-16)21(26)23(20(17)25)11-6-12-27-2/h3-5,7-10,13-14H,6,11-12H2,1-2H3,(H,22,24)/t14-/m1/s1. The van der Waals surface area contributed by atoms with Crippen LogP contribution in [0.3, 0.4) is 0 Å². The van der Waals surface area contributed by atoms with Crippen LogP contribution >= 0.6 is 0 Å². The van der Waals surface area contributed by atoms with Gasteiger partial charge in [-0.2, -0.15) is 0 Å². The monoisotopic (exact) mass is 366 g/mol. The van der Waals surface area contributed by atoms with Gasteiger partial charge < -0.3 is 10.1 Å². The molecule has 27 heavy (non-hydrogen) atoms. The largest absolute Gasteiger partial charge is 0.385 e. The minimum atomic E-state index is -0.364. The van der Waals surface area contributed by atoms with Crippen LogP contribution in [0.5, 0.6) is 0 Å². The fourth-order valence-electron chi connectivity index (χ4n) is 3.11. The molecule has 3 amide bonds. The summed E-state index contributed by atoms with van der Waals surface area (Å²) in [4.78, 5) is 38.7. The quantitative estimate of drug-likeness (QED) is 0.604. The van der Waals surface area contributed by atoms with E-state index in [0.717, 1.165) is 5.56 Å². The number of hydrogen-bond acceptors (Lipinski definition) is 4. The van der Waals surface area contributed by atoms with Gasteiger partial charge in [-0.05, 0) is 37.1 Å². The van der Waals surface area contributed by atoms with Crippen molar-refractivity contribution in [1.82, 2.24) is 10.2 Å². The van der Waals surface area contributed by atoms with Gasteiger partial charge in [0, 0.05) is 25.8 Å². The van der Waals surface area contributed by atoms with E-state index in [1.54, 1.807) is 19.2 Å². The molecule has 3 rings (SSSR count). The number of ether oxygens (including phenoxy) is 1. The fourth-order valence-corrected chi connectivity index (χ4v) is 3.11. The maximum Gasteiger partial charge on any atom is 0.261 e. The second-order valence-electron chi connectivity index (χ2n) is 6.47. The van der Waals surface area contributed by atoms with Crippen molar-refractivity contribution in [2.45, 2.75) is 19.4 Å². The van der Waals surface area contributed by atoms with Crippen molar-refractivity contribution in [3.8, 4) is 0 Å². The van der Waals surface area contributed by atoms with E-state index in [9.17, 15) is 14.4 Å². The Kier molecular flexibility index (Phi) is 5.66. The maximum absolute atomic E-state index is 12.6. The number of amides is 3. The van der Waals surface area contributed by atoms with Crippen LogP contribution in [0.1, 0.15) is 56.0 Å². The van der Waals surface area contributed by atoms with E-state index in [-0.39, 0.29) is 29.3 Å². The molecule has 140 valence electrons. The van der Waals surface area contributed by atoms with Gasteiger partial charge in [0.15, 0.2) is 0 Å². The van der Waals surface area contributed by atoms with Crippen LogP contribution in [0.15, 0.2) is 48.5 Å². The first-order valence-electron chi connectivity index (χ1n) is 8.88. The van der Waals surface area contributed by atoms with Crippen LogP contribution in [0.2, 0.25) is 0 Å². The highest BCUT2D eigenvalue weighted by Crippen LogP contribution is 2.24. The number of carbonyl (C=O) groups is 3. The van der Waals surface area contributed by atoms with Crippen LogP contribution in [0.4, 0.5) is 0 Å². The molecular formula is C21H22N2O4. The molecule has 0 aromatic heterocycles. The average molecular weight is 366 g/mol. The number of nitrogens with zero attached hydrogens (tertiary/aromatic N) is 1. The molecule has 1 heterocycles. The summed E-state index contributed by atoms with van der Waals surface area (Å²) in [6.07, 6.45) is 0.573. The zero-order valence-corrected chi connectivity index (χ0v) is 15.4. The third kappa shape index (κ3) is 3.90. The highest BCUT2D eigenvalue weighted by atomic mass is 16.5. The van der Waals surface area contributed by atoms with Gasteiger partial charge in [0.2, 0.25) is 0 Å². The first-order chi connectivity index (χ1) is 13.0. The molecule has 2 aromatic rings. The van der Waals surface area contributed by atoms with E-state index in [1.165, 1.54) is 11.0 Å². The molecule has 0 fully saturated rings. The topological polar surface area (TPSA) is 75.7 Å². The molecule has 6 nitrogen and oxygen atoms in total. The van der Waals surface area contributed by atoms with Gasteiger partial charge in [-0.25, -0.2) is 0 Å². The van der Waals surface area contributed by atoms with E-state index < -0.39 is 0 Å². The summed E-state index contributed by atoms with van der Waals surface area (Å²) < 4.78 is 4.97. The Morgan fingerprint density at radius 1 is 1.07 bits per heavy atom. The first kappa shape index (κ1) is 18.8. The zero-order chi connectivity index (χ0) is 19.4. The summed E-state index contributed by atoms with van der Waals surface area (Å²) in [5, 5.41) is 2.92. The van der Waals surface area contributed by atoms with E-state index >= 15 is 0 Å². The molecule has 0 unspecified atom stereocenters. The van der Waals surface area contributed by atoms with Crippen LogP contribution in [0, 0.1) is 0 Å². The highest BCUT2D eigenvalue weighted by Gasteiger charge is 2.35. The van der Waals surface area contributed by atoms with Crippen molar-refractivity contribution < 1.29 is 19.1 Å². The summed E-state index contributed by atoms with van der Waals surface area (Å²) in [6.45, 7) is 2.66. The SMILES string of the molecule is COCCCN1C(=O)c2ccc(C(=O)N[C@H](C)c3ccccc3)cc2C1=O. The molecule has 0 saturated carbocycles. The Morgan fingerprint density at radius 2 is 1.78 bits per heavy atom. The highest BCUT2D eigenvalue weighted by molar-refractivity contribution is 6.22. The van der Waals surface area contributed by atoms with Crippen molar-refractivity contribution >= 4 is 17.7 Å². The lowest BCUT2D eigenvalue weighted by Gasteiger charge is -2.14. The molecule has 0 spiro atoms. The summed E-state index contributed by atoms with van der Waals surface area (Å²) in [6, 6.07) is 14.1. The molecular weight excluding hydrogens is 344 g/mol. The normalized spacial score (nSPS) is 14.2. The molecule has 1 N–H and O–H groups in total. The average Bonchev–Trinajstić information content (AvgIpc) is 2.93. The second-order valence-corrected chi connectivity index (χ2v) is 6.47. The number of hydrogen-bond donors (Lipinski definition) is 1. The maximum atomic E-state index is 12.6. The molecule has 1 aliphatic rings. The summed E-state index contributed by atoms with van der Waals surface area (Å²) in [5.74, 6) is -0.972. The van der Waals surface area contributed by atoms with Crippen molar-refractivity contribution in [2.24, 2.45) is 0 Å². The third-order valence-electron chi connectivity index (χ3n) is 4.61. The van der Waals surface area contributed by atoms with Crippen LogP contribution in [-0.4, -0.2) is 42.9 Å². The summed E-state index contributed by atoms with van der Waals surface area (Å²) >= 11 is 0. The predicted octanol–water partition coefficient (Wildman–Crippen LogP) is 2.81. The molecule has 1 aliphatic heterocycles. The van der Waals surface area contributed by atoms with Crippen molar-refractivity contribution in [2.75, 3.05) is 20.3 Å². The smallest absolute Gasteiger partial charge is 0.261 e. The summed E-state index contributed by atoms with van der Waals surface area (Å²) in [7, 11) is 1.57.